The molecule has 216 valence electrons. The van der Waals surface area contributed by atoms with Crippen molar-refractivity contribution in [3.63, 3.8) is 0 Å². The fraction of sp³-hybridized carbons (Fsp3) is 0.643. The number of carbonyl (C=O) groups is 1. The van der Waals surface area contributed by atoms with E-state index >= 15 is 0 Å². The highest BCUT2D eigenvalue weighted by Gasteiger charge is 2.30. The smallest absolute Gasteiger partial charge is 0.407 e. The van der Waals surface area contributed by atoms with E-state index in [1.807, 2.05) is 32.9 Å². The van der Waals surface area contributed by atoms with Crippen LogP contribution in [0.3, 0.4) is 0 Å². The van der Waals surface area contributed by atoms with Crippen molar-refractivity contribution in [2.45, 2.75) is 95.4 Å². The van der Waals surface area contributed by atoms with Crippen molar-refractivity contribution in [2.75, 3.05) is 19.8 Å². The average molecular weight is 580 g/mol. The summed E-state index contributed by atoms with van der Waals surface area (Å²) < 4.78 is 45.9. The third-order valence-corrected chi connectivity index (χ3v) is 9.56. The monoisotopic (exact) mass is 579 g/mol. The lowest BCUT2D eigenvalue weighted by Crippen LogP contribution is -2.44. The lowest BCUT2D eigenvalue weighted by Gasteiger charge is -2.30. The van der Waals surface area contributed by atoms with Gasteiger partial charge in [0.15, 0.2) is 6.10 Å². The zero-order chi connectivity index (χ0) is 28.2. The third-order valence-electron chi connectivity index (χ3n) is 6.56. The van der Waals surface area contributed by atoms with Crippen LogP contribution in [0.4, 0.5) is 4.79 Å². The van der Waals surface area contributed by atoms with Gasteiger partial charge in [0.1, 0.15) is 0 Å². The molecule has 1 amide bonds. The molecule has 0 atom stereocenters. The van der Waals surface area contributed by atoms with Crippen LogP contribution in [-0.2, 0) is 30.8 Å². The molecule has 39 heavy (non-hydrogen) atoms. The van der Waals surface area contributed by atoms with Gasteiger partial charge in [-0.15, -0.1) is 11.3 Å². The molecule has 2 heterocycles. The largest absolute Gasteiger partial charge is 0.441 e. The lowest BCUT2D eigenvalue weighted by molar-refractivity contribution is -0.0985. The molecule has 0 unspecified atom stereocenters. The number of benzene rings is 1. The Morgan fingerprint density at radius 1 is 1.18 bits per heavy atom. The van der Waals surface area contributed by atoms with Crippen molar-refractivity contribution in [1.29, 1.82) is 0 Å². The Morgan fingerprint density at radius 3 is 2.51 bits per heavy atom. The van der Waals surface area contributed by atoms with Crippen molar-refractivity contribution in [3.8, 4) is 10.4 Å². The molecule has 2 aromatic rings. The van der Waals surface area contributed by atoms with Crippen molar-refractivity contribution in [1.82, 2.24) is 15.0 Å². The predicted molar refractivity (Wildman–Crippen MR) is 151 cm³/mol. The topological polar surface area (TPSA) is 116 Å². The van der Waals surface area contributed by atoms with E-state index < -0.39 is 15.6 Å². The van der Waals surface area contributed by atoms with Crippen molar-refractivity contribution < 1.29 is 27.4 Å². The van der Waals surface area contributed by atoms with E-state index in [0.29, 0.717) is 37.9 Å². The Hall–Kier alpha value is -2.05. The molecule has 0 spiro atoms. The van der Waals surface area contributed by atoms with Gasteiger partial charge in [0.05, 0.1) is 34.6 Å². The summed E-state index contributed by atoms with van der Waals surface area (Å²) in [6.45, 7) is 11.5. The molecule has 2 fully saturated rings. The van der Waals surface area contributed by atoms with Crippen LogP contribution < -0.4 is 10.0 Å². The van der Waals surface area contributed by atoms with Crippen molar-refractivity contribution in [2.24, 2.45) is 5.92 Å². The van der Waals surface area contributed by atoms with Crippen molar-refractivity contribution in [3.05, 3.63) is 35.0 Å². The van der Waals surface area contributed by atoms with E-state index in [-0.39, 0.29) is 29.1 Å². The summed E-state index contributed by atoms with van der Waals surface area (Å²) in [5.74, 6) is 0.669. The standard InChI is InChI=1S/C28H41N3O6S2/c1-18(2)14-35-15-19-6-11-23(25(12-19)39(33,34)31-28(3,4)5)24-13-29-26(38-24)20-7-9-21(10-8-20)30-27(32)37-22-16-36-17-22/h6,11-13,18,20-22,31H,7-10,14-17H2,1-5H3,(H,30,32)/t20-,21-. The predicted octanol–water partition coefficient (Wildman–Crippen LogP) is 5.21. The van der Waals surface area contributed by atoms with Crippen LogP contribution in [0, 0.1) is 5.92 Å². The number of nitrogens with one attached hydrogen (secondary N) is 2. The fourth-order valence-corrected chi connectivity index (χ4v) is 7.55. The summed E-state index contributed by atoms with van der Waals surface area (Å²) in [5.41, 5.74) is 0.831. The van der Waals surface area contributed by atoms with E-state index in [2.05, 4.69) is 23.9 Å². The maximum atomic E-state index is 13.5. The number of hydrogen-bond acceptors (Lipinski definition) is 8. The molecular formula is C28H41N3O6S2. The van der Waals surface area contributed by atoms with Gasteiger partial charge in [-0.25, -0.2) is 22.9 Å². The maximum absolute atomic E-state index is 13.5. The van der Waals surface area contributed by atoms with E-state index in [4.69, 9.17) is 19.2 Å². The minimum absolute atomic E-state index is 0.0832. The molecule has 1 saturated carbocycles. The van der Waals surface area contributed by atoms with Gasteiger partial charge in [0.2, 0.25) is 10.0 Å². The van der Waals surface area contributed by atoms with Gasteiger partial charge in [-0.05, 0) is 64.0 Å². The van der Waals surface area contributed by atoms with E-state index in [9.17, 15) is 13.2 Å². The molecule has 2 N–H and O–H groups in total. The van der Waals surface area contributed by atoms with Gasteiger partial charge in [-0.1, -0.05) is 26.0 Å². The summed E-state index contributed by atoms with van der Waals surface area (Å²) in [6.07, 6.45) is 4.75. The molecule has 1 saturated heterocycles. The SMILES string of the molecule is CC(C)COCc1ccc(-c2cnc([C@H]3CC[C@H](NC(=O)OC4COC4)CC3)s2)c(S(=O)(=O)NC(C)(C)C)c1. The first-order valence-corrected chi connectivity index (χ1v) is 15.9. The second kappa shape index (κ2) is 12.6. The maximum Gasteiger partial charge on any atom is 0.407 e. The van der Waals surface area contributed by atoms with Crippen LogP contribution in [0.25, 0.3) is 10.4 Å². The van der Waals surface area contributed by atoms with Gasteiger partial charge in [-0.3, -0.25) is 0 Å². The Labute approximate surface area is 236 Å². The van der Waals surface area contributed by atoms with Gasteiger partial charge in [0, 0.05) is 35.9 Å². The van der Waals surface area contributed by atoms with Crippen molar-refractivity contribution >= 4 is 27.5 Å². The number of ether oxygens (including phenoxy) is 3. The van der Waals surface area contributed by atoms with Crippen LogP contribution in [0.15, 0.2) is 29.3 Å². The number of aromatic nitrogens is 1. The quantitative estimate of drug-likeness (QED) is 0.397. The molecule has 2 aliphatic rings. The van der Waals surface area contributed by atoms with Gasteiger partial charge in [-0.2, -0.15) is 0 Å². The second-order valence-corrected chi connectivity index (χ2v) is 14.6. The minimum Gasteiger partial charge on any atom is -0.441 e. The van der Waals surface area contributed by atoms with Gasteiger partial charge < -0.3 is 19.5 Å². The Bertz CT molecular complexity index is 1230. The highest BCUT2D eigenvalue weighted by atomic mass is 32.2. The van der Waals surface area contributed by atoms with E-state index in [1.54, 1.807) is 23.6 Å². The third kappa shape index (κ3) is 8.47. The number of thiazole rings is 1. The fourth-order valence-electron chi connectivity index (χ4n) is 4.67. The molecule has 1 aliphatic heterocycles. The Kier molecular flexibility index (Phi) is 9.69. The van der Waals surface area contributed by atoms with Crippen LogP contribution in [0.2, 0.25) is 0 Å². The molecule has 1 aromatic heterocycles. The van der Waals surface area contributed by atoms with E-state index in [0.717, 1.165) is 41.1 Å². The first kappa shape index (κ1) is 29.9. The average Bonchev–Trinajstić information content (AvgIpc) is 3.30. The zero-order valence-electron chi connectivity index (χ0n) is 23.5. The summed E-state index contributed by atoms with van der Waals surface area (Å²) in [4.78, 5) is 17.8. The Balaban J connectivity index is 1.47. The summed E-state index contributed by atoms with van der Waals surface area (Å²) in [6, 6.07) is 5.59. The van der Waals surface area contributed by atoms with Crippen LogP contribution in [0.5, 0.6) is 0 Å². The zero-order valence-corrected chi connectivity index (χ0v) is 25.1. The second-order valence-electron chi connectivity index (χ2n) is 11.9. The molecule has 1 aromatic carbocycles. The molecule has 9 nitrogen and oxygen atoms in total. The molecule has 11 heteroatoms. The van der Waals surface area contributed by atoms with Gasteiger partial charge in [0.25, 0.3) is 0 Å². The van der Waals surface area contributed by atoms with Crippen LogP contribution >= 0.6 is 11.3 Å². The number of amides is 1. The Morgan fingerprint density at radius 2 is 1.90 bits per heavy atom. The lowest BCUT2D eigenvalue weighted by atomic mass is 9.86. The van der Waals surface area contributed by atoms with E-state index in [1.165, 1.54) is 0 Å². The molecular weight excluding hydrogens is 538 g/mol. The number of rotatable bonds is 10. The normalized spacial score (nSPS) is 20.6. The number of nitrogens with zero attached hydrogens (tertiary/aromatic N) is 1. The molecule has 1 aliphatic carbocycles. The number of carbonyl (C=O) groups excluding carboxylic acids is 1. The summed E-state index contributed by atoms with van der Waals surface area (Å²) >= 11 is 1.54. The molecule has 0 radical (unpaired) electrons. The highest BCUT2D eigenvalue weighted by molar-refractivity contribution is 7.89. The summed E-state index contributed by atoms with van der Waals surface area (Å²) in [7, 11) is -3.79. The van der Waals surface area contributed by atoms with Crippen LogP contribution in [0.1, 0.15) is 76.8 Å². The van der Waals surface area contributed by atoms with Crippen LogP contribution in [-0.4, -0.2) is 57.0 Å². The summed E-state index contributed by atoms with van der Waals surface area (Å²) in [5, 5.41) is 3.97. The number of alkyl carbamates (subject to hydrolysis) is 1. The van der Waals surface area contributed by atoms with Gasteiger partial charge >= 0.3 is 6.09 Å². The molecule has 4 rings (SSSR count). The minimum atomic E-state index is -3.79. The number of sulfonamides is 1. The first-order valence-electron chi connectivity index (χ1n) is 13.7. The highest BCUT2D eigenvalue weighted by Crippen LogP contribution is 2.39. The molecule has 0 bridgehead atoms. The number of hydrogen-bond donors (Lipinski definition) is 2. The first-order chi connectivity index (χ1) is 18.4.